The van der Waals surface area contributed by atoms with Crippen LogP contribution in [0.5, 0.6) is 0 Å². The van der Waals surface area contributed by atoms with Crippen LogP contribution in [0.15, 0.2) is 12.3 Å². The summed E-state index contributed by atoms with van der Waals surface area (Å²) in [5.74, 6) is 1.76. The van der Waals surface area contributed by atoms with Crippen LogP contribution in [0.25, 0.3) is 0 Å². The summed E-state index contributed by atoms with van der Waals surface area (Å²) in [6.07, 6.45) is 2.10. The first-order valence-corrected chi connectivity index (χ1v) is 5.88. The van der Waals surface area contributed by atoms with Crippen LogP contribution >= 0.6 is 0 Å². The van der Waals surface area contributed by atoms with Crippen molar-refractivity contribution in [3.8, 4) is 0 Å². The lowest BCUT2D eigenvalue weighted by atomic mass is 10.2. The maximum atomic E-state index is 5.80. The molecule has 1 aromatic rings. The summed E-state index contributed by atoms with van der Waals surface area (Å²) in [5.41, 5.74) is 0. The number of hydrogen-bond acceptors (Lipinski definition) is 5. The van der Waals surface area contributed by atoms with Crippen LogP contribution in [-0.4, -0.2) is 49.0 Å². The number of hydrogen-bond donors (Lipinski definition) is 0. The van der Waals surface area contributed by atoms with Crippen molar-refractivity contribution < 1.29 is 9.47 Å². The number of aryl methyl sites for hydroxylation is 1. The van der Waals surface area contributed by atoms with Gasteiger partial charge in [-0.25, -0.2) is 9.97 Å². The SMILES string of the molecule is COCC1CN(c2ccnc(C)n2)CC(C)O1. The highest BCUT2D eigenvalue weighted by atomic mass is 16.5. The van der Waals surface area contributed by atoms with Gasteiger partial charge < -0.3 is 14.4 Å². The highest BCUT2D eigenvalue weighted by molar-refractivity contribution is 5.38. The van der Waals surface area contributed by atoms with E-state index in [4.69, 9.17) is 9.47 Å². The molecular weight excluding hydrogens is 218 g/mol. The number of nitrogens with zero attached hydrogens (tertiary/aromatic N) is 3. The van der Waals surface area contributed by atoms with Crippen molar-refractivity contribution >= 4 is 5.82 Å². The zero-order valence-electron chi connectivity index (χ0n) is 10.6. The minimum Gasteiger partial charge on any atom is -0.382 e. The summed E-state index contributed by atoms with van der Waals surface area (Å²) in [6, 6.07) is 1.94. The van der Waals surface area contributed by atoms with Crippen molar-refractivity contribution in [2.24, 2.45) is 0 Å². The van der Waals surface area contributed by atoms with Crippen molar-refractivity contribution in [1.29, 1.82) is 0 Å². The largest absolute Gasteiger partial charge is 0.382 e. The maximum absolute atomic E-state index is 5.80. The number of rotatable bonds is 3. The first-order valence-electron chi connectivity index (χ1n) is 5.88. The number of morpholine rings is 1. The number of anilines is 1. The number of aromatic nitrogens is 2. The molecule has 0 N–H and O–H groups in total. The van der Waals surface area contributed by atoms with E-state index >= 15 is 0 Å². The molecule has 5 heteroatoms. The van der Waals surface area contributed by atoms with Gasteiger partial charge >= 0.3 is 0 Å². The molecule has 0 spiro atoms. The third kappa shape index (κ3) is 3.14. The van der Waals surface area contributed by atoms with E-state index in [-0.39, 0.29) is 12.2 Å². The van der Waals surface area contributed by atoms with Crippen LogP contribution in [0.2, 0.25) is 0 Å². The van der Waals surface area contributed by atoms with E-state index in [1.165, 1.54) is 0 Å². The minimum absolute atomic E-state index is 0.110. The maximum Gasteiger partial charge on any atom is 0.132 e. The van der Waals surface area contributed by atoms with E-state index in [2.05, 4.69) is 21.8 Å². The second kappa shape index (κ2) is 5.42. The fraction of sp³-hybridized carbons (Fsp3) is 0.667. The predicted octanol–water partition coefficient (Wildman–Crippen LogP) is 1.03. The van der Waals surface area contributed by atoms with Crippen molar-refractivity contribution in [3.63, 3.8) is 0 Å². The fourth-order valence-corrected chi connectivity index (χ4v) is 2.13. The molecule has 1 aromatic heterocycles. The van der Waals surface area contributed by atoms with E-state index in [0.29, 0.717) is 6.61 Å². The summed E-state index contributed by atoms with van der Waals surface area (Å²) in [7, 11) is 1.70. The summed E-state index contributed by atoms with van der Waals surface area (Å²) in [5, 5.41) is 0. The van der Waals surface area contributed by atoms with Crippen LogP contribution in [0, 0.1) is 6.92 Å². The van der Waals surface area contributed by atoms with Crippen molar-refractivity contribution in [1.82, 2.24) is 9.97 Å². The fourth-order valence-electron chi connectivity index (χ4n) is 2.13. The van der Waals surface area contributed by atoms with Gasteiger partial charge in [-0.05, 0) is 19.9 Å². The molecule has 1 aliphatic heterocycles. The molecule has 2 rings (SSSR count). The number of methoxy groups -OCH3 is 1. The molecule has 0 saturated carbocycles. The lowest BCUT2D eigenvalue weighted by Gasteiger charge is -2.37. The van der Waals surface area contributed by atoms with Crippen molar-refractivity contribution in [3.05, 3.63) is 18.1 Å². The van der Waals surface area contributed by atoms with Gasteiger partial charge in [0, 0.05) is 26.4 Å². The Bertz CT molecular complexity index is 373. The second-order valence-electron chi connectivity index (χ2n) is 4.39. The monoisotopic (exact) mass is 237 g/mol. The lowest BCUT2D eigenvalue weighted by Crippen LogP contribution is -2.48. The molecule has 2 unspecified atom stereocenters. The zero-order chi connectivity index (χ0) is 12.3. The molecule has 1 saturated heterocycles. The third-order valence-corrected chi connectivity index (χ3v) is 2.76. The summed E-state index contributed by atoms with van der Waals surface area (Å²) >= 11 is 0. The van der Waals surface area contributed by atoms with E-state index < -0.39 is 0 Å². The molecule has 0 aromatic carbocycles. The third-order valence-electron chi connectivity index (χ3n) is 2.76. The van der Waals surface area contributed by atoms with Crippen LogP contribution in [0.3, 0.4) is 0 Å². The van der Waals surface area contributed by atoms with Gasteiger partial charge in [-0.2, -0.15) is 0 Å². The highest BCUT2D eigenvalue weighted by Gasteiger charge is 2.26. The molecule has 17 heavy (non-hydrogen) atoms. The molecule has 0 bridgehead atoms. The van der Waals surface area contributed by atoms with Crippen molar-refractivity contribution in [2.45, 2.75) is 26.1 Å². The molecule has 1 fully saturated rings. The normalized spacial score (nSPS) is 25.0. The van der Waals surface area contributed by atoms with E-state index in [1.807, 2.05) is 13.0 Å². The Labute approximate surface area is 102 Å². The summed E-state index contributed by atoms with van der Waals surface area (Å²) in [6.45, 7) is 6.26. The molecule has 5 nitrogen and oxygen atoms in total. The Hall–Kier alpha value is -1.20. The van der Waals surface area contributed by atoms with E-state index in [1.54, 1.807) is 13.3 Å². The zero-order valence-corrected chi connectivity index (χ0v) is 10.6. The van der Waals surface area contributed by atoms with Gasteiger partial charge in [0.2, 0.25) is 0 Å². The van der Waals surface area contributed by atoms with E-state index in [0.717, 1.165) is 24.7 Å². The molecule has 1 aliphatic rings. The summed E-state index contributed by atoms with van der Waals surface area (Å²) in [4.78, 5) is 10.8. The minimum atomic E-state index is 0.110. The van der Waals surface area contributed by atoms with Gasteiger partial charge in [-0.3, -0.25) is 0 Å². The Morgan fingerprint density at radius 3 is 3.06 bits per heavy atom. The van der Waals surface area contributed by atoms with Crippen LogP contribution in [0.4, 0.5) is 5.82 Å². The van der Waals surface area contributed by atoms with Crippen LogP contribution in [0.1, 0.15) is 12.7 Å². The van der Waals surface area contributed by atoms with Gasteiger partial charge in [0.25, 0.3) is 0 Å². The van der Waals surface area contributed by atoms with E-state index in [9.17, 15) is 0 Å². The van der Waals surface area contributed by atoms with Crippen LogP contribution in [-0.2, 0) is 9.47 Å². The van der Waals surface area contributed by atoms with Gasteiger partial charge in [-0.15, -0.1) is 0 Å². The molecular formula is C12H19N3O2. The van der Waals surface area contributed by atoms with Crippen LogP contribution < -0.4 is 4.90 Å². The second-order valence-corrected chi connectivity index (χ2v) is 4.39. The molecule has 0 aliphatic carbocycles. The quantitative estimate of drug-likeness (QED) is 0.785. The lowest BCUT2D eigenvalue weighted by molar-refractivity contribution is -0.0512. The van der Waals surface area contributed by atoms with Gasteiger partial charge in [0.05, 0.1) is 18.8 Å². The Morgan fingerprint density at radius 1 is 1.53 bits per heavy atom. The highest BCUT2D eigenvalue weighted by Crippen LogP contribution is 2.18. The smallest absolute Gasteiger partial charge is 0.132 e. The standard InChI is InChI=1S/C12H19N3O2/c1-9-6-15(7-11(17-9)8-16-3)12-4-5-13-10(2)14-12/h4-5,9,11H,6-8H2,1-3H3. The Kier molecular flexibility index (Phi) is 3.91. The van der Waals surface area contributed by atoms with Gasteiger partial charge in [0.15, 0.2) is 0 Å². The molecule has 94 valence electrons. The number of ether oxygens (including phenoxy) is 2. The average Bonchev–Trinajstić information content (AvgIpc) is 2.28. The van der Waals surface area contributed by atoms with Crippen molar-refractivity contribution in [2.75, 3.05) is 31.7 Å². The Balaban J connectivity index is 2.09. The Morgan fingerprint density at radius 2 is 2.35 bits per heavy atom. The van der Waals surface area contributed by atoms with Gasteiger partial charge in [-0.1, -0.05) is 0 Å². The van der Waals surface area contributed by atoms with Gasteiger partial charge in [0.1, 0.15) is 11.6 Å². The predicted molar refractivity (Wildman–Crippen MR) is 65.2 cm³/mol. The molecule has 0 radical (unpaired) electrons. The first kappa shape index (κ1) is 12.3. The molecule has 2 atom stereocenters. The molecule has 0 amide bonds. The topological polar surface area (TPSA) is 47.5 Å². The molecule has 2 heterocycles. The first-order chi connectivity index (χ1) is 8.19. The average molecular weight is 237 g/mol. The summed E-state index contributed by atoms with van der Waals surface area (Å²) < 4.78 is 11.0.